The van der Waals surface area contributed by atoms with Crippen molar-refractivity contribution in [2.24, 2.45) is 0 Å². The van der Waals surface area contributed by atoms with Crippen molar-refractivity contribution >= 4 is 23.0 Å². The number of carbonyl (C=O) groups excluding carboxylic acids is 1. The van der Waals surface area contributed by atoms with E-state index in [1.165, 1.54) is 0 Å². The Morgan fingerprint density at radius 3 is 3.00 bits per heavy atom. The van der Waals surface area contributed by atoms with E-state index in [9.17, 15) is 4.79 Å². The molecule has 0 radical (unpaired) electrons. The molecule has 0 aromatic carbocycles. The molecule has 0 saturated carbocycles. The Labute approximate surface area is 126 Å². The molecule has 0 fully saturated rings. The van der Waals surface area contributed by atoms with E-state index in [-0.39, 0.29) is 11.9 Å². The van der Waals surface area contributed by atoms with Crippen LogP contribution in [-0.4, -0.2) is 20.5 Å². The van der Waals surface area contributed by atoms with Crippen molar-refractivity contribution in [1.82, 2.24) is 19.9 Å². The highest BCUT2D eigenvalue weighted by atomic mass is 35.5. The normalized spacial score (nSPS) is 12.3. The molecule has 1 atom stereocenters. The Balaban J connectivity index is 1.80. The van der Waals surface area contributed by atoms with Crippen molar-refractivity contribution in [3.05, 3.63) is 65.2 Å². The lowest BCUT2D eigenvalue weighted by Gasteiger charge is -2.12. The molecule has 0 aliphatic carbocycles. The maximum absolute atomic E-state index is 12.2. The summed E-state index contributed by atoms with van der Waals surface area (Å²) in [6, 6.07) is 8.92. The molecule has 106 valence electrons. The number of nitrogens with zero attached hydrogens (tertiary/aromatic N) is 3. The van der Waals surface area contributed by atoms with Gasteiger partial charge in [0, 0.05) is 18.6 Å². The summed E-state index contributed by atoms with van der Waals surface area (Å²) < 4.78 is 1.59. The summed E-state index contributed by atoms with van der Waals surface area (Å²) in [5.41, 5.74) is 2.12. The lowest BCUT2D eigenvalue weighted by molar-refractivity contribution is 0.0934. The van der Waals surface area contributed by atoms with Gasteiger partial charge in [0.25, 0.3) is 5.91 Å². The number of nitrogens with one attached hydrogen (secondary N) is 1. The zero-order chi connectivity index (χ0) is 14.8. The largest absolute Gasteiger partial charge is 0.344 e. The molecule has 0 unspecified atom stereocenters. The fraction of sp³-hybridized carbons (Fsp3) is 0.133. The van der Waals surface area contributed by atoms with Gasteiger partial charge in [-0.2, -0.15) is 5.10 Å². The highest BCUT2D eigenvalue weighted by Gasteiger charge is 2.14. The zero-order valence-corrected chi connectivity index (χ0v) is 12.1. The quantitative estimate of drug-likeness (QED) is 0.809. The first-order valence-electron chi connectivity index (χ1n) is 6.49. The number of hydrogen-bond donors (Lipinski definition) is 1. The maximum Gasteiger partial charge on any atom is 0.272 e. The maximum atomic E-state index is 12.2. The van der Waals surface area contributed by atoms with E-state index in [1.54, 1.807) is 35.2 Å². The standard InChI is InChI=1S/C15H13ClN4O/c1-10(11-3-2-6-17-8-11)18-15(21)14-7-13-5-4-12(16)9-20(13)19-14/h2-10H,1H3,(H,18,21)/t10-/m0/s1. The highest BCUT2D eigenvalue weighted by molar-refractivity contribution is 6.30. The molecule has 3 aromatic heterocycles. The number of amides is 1. The fourth-order valence-corrected chi connectivity index (χ4v) is 2.21. The first-order valence-corrected chi connectivity index (χ1v) is 6.87. The van der Waals surface area contributed by atoms with Crippen molar-refractivity contribution in [2.75, 3.05) is 0 Å². The zero-order valence-electron chi connectivity index (χ0n) is 11.3. The Kier molecular flexibility index (Phi) is 3.58. The van der Waals surface area contributed by atoms with Crippen molar-refractivity contribution in [2.45, 2.75) is 13.0 Å². The van der Waals surface area contributed by atoms with Gasteiger partial charge in [-0.1, -0.05) is 17.7 Å². The minimum absolute atomic E-state index is 0.139. The van der Waals surface area contributed by atoms with E-state index >= 15 is 0 Å². The fourth-order valence-electron chi connectivity index (χ4n) is 2.06. The number of carbonyl (C=O) groups is 1. The third kappa shape index (κ3) is 2.87. The van der Waals surface area contributed by atoms with E-state index in [0.29, 0.717) is 10.7 Å². The number of aromatic nitrogens is 3. The van der Waals surface area contributed by atoms with E-state index in [2.05, 4.69) is 15.4 Å². The summed E-state index contributed by atoms with van der Waals surface area (Å²) in [7, 11) is 0. The van der Waals surface area contributed by atoms with Crippen LogP contribution in [0.25, 0.3) is 5.52 Å². The molecule has 3 rings (SSSR count). The van der Waals surface area contributed by atoms with Crippen molar-refractivity contribution in [1.29, 1.82) is 0 Å². The van der Waals surface area contributed by atoms with Crippen LogP contribution < -0.4 is 5.32 Å². The Morgan fingerprint density at radius 2 is 2.24 bits per heavy atom. The van der Waals surface area contributed by atoms with E-state index < -0.39 is 0 Å². The number of halogens is 1. The van der Waals surface area contributed by atoms with Gasteiger partial charge >= 0.3 is 0 Å². The molecule has 0 aliphatic rings. The summed E-state index contributed by atoms with van der Waals surface area (Å²) >= 11 is 5.90. The van der Waals surface area contributed by atoms with Crippen molar-refractivity contribution in [3.63, 3.8) is 0 Å². The summed E-state index contributed by atoms with van der Waals surface area (Å²) in [4.78, 5) is 16.3. The Morgan fingerprint density at radius 1 is 1.38 bits per heavy atom. The van der Waals surface area contributed by atoms with Crippen LogP contribution in [0.1, 0.15) is 29.0 Å². The van der Waals surface area contributed by atoms with Crippen LogP contribution in [0.3, 0.4) is 0 Å². The second-order valence-electron chi connectivity index (χ2n) is 4.73. The van der Waals surface area contributed by atoms with E-state index in [1.807, 2.05) is 25.1 Å². The molecule has 21 heavy (non-hydrogen) atoms. The van der Waals surface area contributed by atoms with Crippen molar-refractivity contribution < 1.29 is 4.79 Å². The van der Waals surface area contributed by atoms with Crippen LogP contribution in [0.2, 0.25) is 5.02 Å². The Bertz CT molecular complexity index is 785. The number of rotatable bonds is 3. The van der Waals surface area contributed by atoms with Crippen LogP contribution in [0, 0.1) is 0 Å². The Hall–Kier alpha value is -2.40. The predicted molar refractivity (Wildman–Crippen MR) is 80.3 cm³/mol. The van der Waals surface area contributed by atoms with E-state index in [0.717, 1.165) is 11.1 Å². The molecule has 0 saturated heterocycles. The summed E-state index contributed by atoms with van der Waals surface area (Å²) in [6.07, 6.45) is 5.09. The minimum atomic E-state index is -0.230. The molecule has 6 heteroatoms. The van der Waals surface area contributed by atoms with Gasteiger partial charge < -0.3 is 5.32 Å². The van der Waals surface area contributed by atoms with Crippen LogP contribution >= 0.6 is 11.6 Å². The molecule has 5 nitrogen and oxygen atoms in total. The van der Waals surface area contributed by atoms with Gasteiger partial charge in [0.2, 0.25) is 0 Å². The lowest BCUT2D eigenvalue weighted by Crippen LogP contribution is -2.27. The number of pyridine rings is 2. The number of hydrogen-bond acceptors (Lipinski definition) is 3. The first kappa shape index (κ1) is 13.6. The van der Waals surface area contributed by atoms with Gasteiger partial charge in [0.1, 0.15) is 0 Å². The summed E-state index contributed by atoms with van der Waals surface area (Å²) in [5.74, 6) is -0.230. The van der Waals surface area contributed by atoms with Crippen LogP contribution in [0.5, 0.6) is 0 Å². The molecule has 1 amide bonds. The van der Waals surface area contributed by atoms with E-state index in [4.69, 9.17) is 11.6 Å². The molecule has 3 heterocycles. The SMILES string of the molecule is C[C@H](NC(=O)c1cc2ccc(Cl)cn2n1)c1cccnc1. The van der Waals surface area contributed by atoms with Crippen LogP contribution in [0.4, 0.5) is 0 Å². The van der Waals surface area contributed by atoms with Crippen molar-refractivity contribution in [3.8, 4) is 0 Å². The second-order valence-corrected chi connectivity index (χ2v) is 5.16. The average molecular weight is 301 g/mol. The molecular weight excluding hydrogens is 288 g/mol. The monoisotopic (exact) mass is 300 g/mol. The van der Waals surface area contributed by atoms with Gasteiger partial charge in [-0.3, -0.25) is 9.78 Å². The first-order chi connectivity index (χ1) is 10.1. The third-order valence-corrected chi connectivity index (χ3v) is 3.41. The second kappa shape index (κ2) is 5.54. The summed E-state index contributed by atoms with van der Waals surface area (Å²) in [6.45, 7) is 1.90. The molecule has 0 bridgehead atoms. The van der Waals surface area contributed by atoms with Crippen LogP contribution in [-0.2, 0) is 0 Å². The predicted octanol–water partition coefficient (Wildman–Crippen LogP) is 2.87. The van der Waals surface area contributed by atoms with Gasteiger partial charge in [-0.25, -0.2) is 4.52 Å². The molecule has 0 spiro atoms. The average Bonchev–Trinajstić information content (AvgIpc) is 2.91. The lowest BCUT2D eigenvalue weighted by atomic mass is 10.1. The number of fused-ring (bicyclic) bond motifs is 1. The molecule has 3 aromatic rings. The van der Waals surface area contributed by atoms with Gasteiger partial charge in [0.15, 0.2) is 5.69 Å². The molecular formula is C15H13ClN4O. The van der Waals surface area contributed by atoms with Gasteiger partial charge in [-0.05, 0) is 36.8 Å². The topological polar surface area (TPSA) is 59.3 Å². The minimum Gasteiger partial charge on any atom is -0.344 e. The third-order valence-electron chi connectivity index (χ3n) is 3.19. The van der Waals surface area contributed by atoms with Gasteiger partial charge in [-0.15, -0.1) is 0 Å². The smallest absolute Gasteiger partial charge is 0.272 e. The summed E-state index contributed by atoms with van der Waals surface area (Å²) in [5, 5.41) is 7.70. The highest BCUT2D eigenvalue weighted by Crippen LogP contribution is 2.14. The van der Waals surface area contributed by atoms with Crippen LogP contribution in [0.15, 0.2) is 48.9 Å². The molecule has 1 N–H and O–H groups in total. The molecule has 0 aliphatic heterocycles. The van der Waals surface area contributed by atoms with Gasteiger partial charge in [0.05, 0.1) is 16.6 Å².